The van der Waals surface area contributed by atoms with Gasteiger partial charge in [0, 0.05) is 37.0 Å². The summed E-state index contributed by atoms with van der Waals surface area (Å²) in [6.07, 6.45) is 0. The summed E-state index contributed by atoms with van der Waals surface area (Å²) in [4.78, 5) is 14.3. The van der Waals surface area contributed by atoms with Gasteiger partial charge in [-0.25, -0.2) is 12.8 Å². The van der Waals surface area contributed by atoms with Crippen molar-refractivity contribution in [2.45, 2.75) is 10.6 Å². The van der Waals surface area contributed by atoms with Crippen LogP contribution in [0.5, 0.6) is 0 Å². The lowest BCUT2D eigenvalue weighted by Crippen LogP contribution is -2.50. The number of carbonyl (C=O) groups is 1. The predicted octanol–water partition coefficient (Wildman–Crippen LogP) is 3.25. The van der Waals surface area contributed by atoms with Gasteiger partial charge >= 0.3 is 0 Å². The largest absolute Gasteiger partial charge is 0.339 e. The third kappa shape index (κ3) is 5.05. The summed E-state index contributed by atoms with van der Waals surface area (Å²) >= 11 is 7.06. The minimum Gasteiger partial charge on any atom is -0.339 e. The number of benzene rings is 2. The van der Waals surface area contributed by atoms with Crippen molar-refractivity contribution in [1.82, 2.24) is 9.21 Å². The number of hydrogen-bond donors (Lipinski definition) is 0. The highest BCUT2D eigenvalue weighted by molar-refractivity contribution is 7.99. The van der Waals surface area contributed by atoms with Crippen LogP contribution in [0.15, 0.2) is 53.4 Å². The molecule has 0 N–H and O–H groups in total. The van der Waals surface area contributed by atoms with Crippen molar-refractivity contribution in [1.29, 1.82) is 0 Å². The van der Waals surface area contributed by atoms with Crippen LogP contribution < -0.4 is 0 Å². The van der Waals surface area contributed by atoms with Crippen molar-refractivity contribution in [3.63, 3.8) is 0 Å². The van der Waals surface area contributed by atoms with Gasteiger partial charge < -0.3 is 4.90 Å². The molecule has 5 nitrogen and oxygen atoms in total. The molecule has 1 aliphatic rings. The fourth-order valence-electron chi connectivity index (χ4n) is 2.90. The van der Waals surface area contributed by atoms with Crippen molar-refractivity contribution in [2.75, 3.05) is 31.9 Å². The van der Waals surface area contributed by atoms with Crippen molar-refractivity contribution in [3.8, 4) is 0 Å². The third-order valence-corrected chi connectivity index (χ3v) is 7.58. The number of sulfonamides is 1. The first kappa shape index (κ1) is 21.1. The maximum atomic E-state index is 13.8. The average molecular weight is 443 g/mol. The van der Waals surface area contributed by atoms with Crippen LogP contribution in [-0.2, 0) is 20.6 Å². The molecule has 1 heterocycles. The summed E-state index contributed by atoms with van der Waals surface area (Å²) in [5.41, 5.74) is 0.501. The Balaban J connectivity index is 1.48. The molecule has 0 spiro atoms. The summed E-state index contributed by atoms with van der Waals surface area (Å²) in [6.45, 7) is 1.22. The lowest BCUT2D eigenvalue weighted by atomic mass is 10.2. The van der Waals surface area contributed by atoms with E-state index in [0.717, 1.165) is 0 Å². The fraction of sp³-hybridized carbons (Fsp3) is 0.316. The summed E-state index contributed by atoms with van der Waals surface area (Å²) in [6, 6.07) is 12.8. The van der Waals surface area contributed by atoms with Gasteiger partial charge in [-0.3, -0.25) is 4.79 Å². The van der Waals surface area contributed by atoms with Crippen molar-refractivity contribution in [3.05, 3.63) is 64.9 Å². The molecule has 150 valence electrons. The van der Waals surface area contributed by atoms with E-state index >= 15 is 0 Å². The lowest BCUT2D eigenvalue weighted by molar-refractivity contribution is -0.129. The second-order valence-electron chi connectivity index (χ2n) is 6.33. The minimum absolute atomic E-state index is 0.0730. The van der Waals surface area contributed by atoms with Gasteiger partial charge in [0.05, 0.1) is 10.6 Å². The van der Waals surface area contributed by atoms with Crippen molar-refractivity contribution < 1.29 is 17.6 Å². The zero-order valence-corrected chi connectivity index (χ0v) is 17.4. The average Bonchev–Trinajstić information content (AvgIpc) is 2.70. The number of halogens is 2. The zero-order chi connectivity index (χ0) is 20.1. The number of piperazine rings is 1. The first-order chi connectivity index (χ1) is 13.4. The lowest BCUT2D eigenvalue weighted by Gasteiger charge is -2.34. The molecule has 0 saturated carbocycles. The van der Waals surface area contributed by atoms with E-state index < -0.39 is 10.0 Å². The molecule has 0 aliphatic carbocycles. The molecule has 28 heavy (non-hydrogen) atoms. The molecule has 0 atom stereocenters. The Morgan fingerprint density at radius 3 is 2.39 bits per heavy atom. The second kappa shape index (κ2) is 9.26. The van der Waals surface area contributed by atoms with Crippen LogP contribution in [0.2, 0.25) is 5.02 Å². The Morgan fingerprint density at radius 1 is 1.07 bits per heavy atom. The summed E-state index contributed by atoms with van der Waals surface area (Å²) in [7, 11) is -3.53. The van der Waals surface area contributed by atoms with E-state index in [9.17, 15) is 17.6 Å². The van der Waals surface area contributed by atoms with E-state index in [2.05, 4.69) is 0 Å². The highest BCUT2D eigenvalue weighted by atomic mass is 35.5. The van der Waals surface area contributed by atoms with Gasteiger partial charge in [-0.15, -0.1) is 11.8 Å². The Morgan fingerprint density at radius 2 is 1.75 bits per heavy atom. The normalized spacial score (nSPS) is 15.6. The molecule has 1 fully saturated rings. The number of amides is 1. The minimum atomic E-state index is -3.53. The van der Waals surface area contributed by atoms with Crippen molar-refractivity contribution >= 4 is 39.3 Å². The van der Waals surface area contributed by atoms with Crippen LogP contribution in [-0.4, -0.2) is 55.5 Å². The zero-order valence-electron chi connectivity index (χ0n) is 15.1. The van der Waals surface area contributed by atoms with Gasteiger partial charge in [0.15, 0.2) is 0 Å². The standard InChI is InChI=1S/C19H20ClFN2O3S2/c20-16-7-6-15(18(21)12-16)13-27-14-19(24)22-8-10-23(11-9-22)28(25,26)17-4-2-1-3-5-17/h1-7,12H,8-11,13-14H2. The highest BCUT2D eigenvalue weighted by Crippen LogP contribution is 2.21. The van der Waals surface area contributed by atoms with E-state index in [-0.39, 0.29) is 35.5 Å². The second-order valence-corrected chi connectivity index (χ2v) is 9.69. The highest BCUT2D eigenvalue weighted by Gasteiger charge is 2.29. The Kier molecular flexibility index (Phi) is 6.98. The molecule has 0 aromatic heterocycles. The number of rotatable bonds is 6. The van der Waals surface area contributed by atoms with Gasteiger partial charge in [0.25, 0.3) is 0 Å². The van der Waals surface area contributed by atoms with E-state index in [0.29, 0.717) is 29.4 Å². The predicted molar refractivity (Wildman–Crippen MR) is 109 cm³/mol. The fourth-order valence-corrected chi connectivity index (χ4v) is 5.41. The van der Waals surface area contributed by atoms with Gasteiger partial charge in [-0.1, -0.05) is 35.9 Å². The molecule has 1 saturated heterocycles. The van der Waals surface area contributed by atoms with Crippen LogP contribution >= 0.6 is 23.4 Å². The Hall–Kier alpha value is -1.61. The SMILES string of the molecule is O=C(CSCc1ccc(Cl)cc1F)N1CCN(S(=O)(=O)c2ccccc2)CC1. The van der Waals surface area contributed by atoms with Gasteiger partial charge in [-0.05, 0) is 29.8 Å². The molecular weight excluding hydrogens is 423 g/mol. The van der Waals surface area contributed by atoms with E-state index in [4.69, 9.17) is 11.6 Å². The van der Waals surface area contributed by atoms with Crippen LogP contribution in [0.3, 0.4) is 0 Å². The van der Waals surface area contributed by atoms with Gasteiger partial charge in [0.2, 0.25) is 15.9 Å². The third-order valence-electron chi connectivity index (χ3n) is 4.47. The maximum absolute atomic E-state index is 13.8. The number of thioether (sulfide) groups is 1. The molecule has 2 aromatic rings. The molecular formula is C19H20ClFN2O3S2. The van der Waals surface area contributed by atoms with Crippen LogP contribution in [0.1, 0.15) is 5.56 Å². The van der Waals surface area contributed by atoms with Crippen LogP contribution in [0, 0.1) is 5.82 Å². The monoisotopic (exact) mass is 442 g/mol. The topological polar surface area (TPSA) is 57.7 Å². The molecule has 0 radical (unpaired) electrons. The molecule has 2 aromatic carbocycles. The number of carbonyl (C=O) groups excluding carboxylic acids is 1. The molecule has 9 heteroatoms. The quantitative estimate of drug-likeness (QED) is 0.689. The van der Waals surface area contributed by atoms with Gasteiger partial charge in [-0.2, -0.15) is 4.31 Å². The van der Waals surface area contributed by atoms with Gasteiger partial charge in [0.1, 0.15) is 5.82 Å². The summed E-state index contributed by atoms with van der Waals surface area (Å²) in [5.74, 6) is 0.133. The van der Waals surface area contributed by atoms with Crippen LogP contribution in [0.25, 0.3) is 0 Å². The Labute approximate surface area is 173 Å². The van der Waals surface area contributed by atoms with E-state index in [1.165, 1.54) is 22.1 Å². The first-order valence-corrected chi connectivity index (χ1v) is 11.7. The van der Waals surface area contributed by atoms with Crippen LogP contribution in [0.4, 0.5) is 4.39 Å². The molecule has 0 bridgehead atoms. The molecule has 1 amide bonds. The van der Waals surface area contributed by atoms with E-state index in [1.54, 1.807) is 47.4 Å². The maximum Gasteiger partial charge on any atom is 0.243 e. The molecule has 1 aliphatic heterocycles. The molecule has 3 rings (SSSR count). The summed E-state index contributed by atoms with van der Waals surface area (Å²) < 4.78 is 40.4. The number of hydrogen-bond acceptors (Lipinski definition) is 4. The first-order valence-electron chi connectivity index (χ1n) is 8.72. The smallest absolute Gasteiger partial charge is 0.243 e. The summed E-state index contributed by atoms with van der Waals surface area (Å²) in [5, 5.41) is 0.339. The van der Waals surface area contributed by atoms with Crippen molar-refractivity contribution in [2.24, 2.45) is 0 Å². The Bertz CT molecular complexity index is 933. The number of nitrogens with zero attached hydrogens (tertiary/aromatic N) is 2. The van der Waals surface area contributed by atoms with E-state index in [1.807, 2.05) is 0 Å². The molecule has 0 unspecified atom stereocenters.